The third-order valence-electron chi connectivity index (χ3n) is 2.38. The summed E-state index contributed by atoms with van der Waals surface area (Å²) in [6.07, 6.45) is 0.844. The van der Waals surface area contributed by atoms with E-state index in [2.05, 4.69) is 0 Å². The smallest absolute Gasteiger partial charge is 0.371 e. The van der Waals surface area contributed by atoms with Crippen LogP contribution in [0.1, 0.15) is 48.3 Å². The number of carbonyl (C=O) groups excluding carboxylic acids is 1. The maximum atomic E-state index is 12.1. The number of amides is 1. The summed E-state index contributed by atoms with van der Waals surface area (Å²) < 4.78 is 4.99. The van der Waals surface area contributed by atoms with Crippen LogP contribution in [-0.4, -0.2) is 34.5 Å². The Hall–Kier alpha value is -1.78. The second kappa shape index (κ2) is 5.52. The Balaban J connectivity index is 2.89. The van der Waals surface area contributed by atoms with Gasteiger partial charge >= 0.3 is 5.97 Å². The highest BCUT2D eigenvalue weighted by Crippen LogP contribution is 2.13. The average molecular weight is 239 g/mol. The second-order valence-electron chi connectivity index (χ2n) is 4.06. The van der Waals surface area contributed by atoms with Crippen LogP contribution in [0.25, 0.3) is 0 Å². The molecule has 5 heteroatoms. The summed E-state index contributed by atoms with van der Waals surface area (Å²) in [7, 11) is 0. The van der Waals surface area contributed by atoms with Gasteiger partial charge in [0.2, 0.25) is 5.76 Å². The van der Waals surface area contributed by atoms with E-state index in [0.717, 1.165) is 6.42 Å². The summed E-state index contributed by atoms with van der Waals surface area (Å²) in [5, 5.41) is 8.71. The van der Waals surface area contributed by atoms with Crippen LogP contribution < -0.4 is 0 Å². The summed E-state index contributed by atoms with van der Waals surface area (Å²) in [5.74, 6) is -1.58. The lowest BCUT2D eigenvalue weighted by Crippen LogP contribution is -2.37. The minimum absolute atomic E-state index is 0.0563. The van der Waals surface area contributed by atoms with Crippen molar-refractivity contribution in [2.45, 2.75) is 33.2 Å². The van der Waals surface area contributed by atoms with Gasteiger partial charge in [0.1, 0.15) is 0 Å². The molecule has 0 aromatic carbocycles. The minimum Gasteiger partial charge on any atom is -0.475 e. The van der Waals surface area contributed by atoms with Crippen molar-refractivity contribution in [3.8, 4) is 0 Å². The van der Waals surface area contributed by atoms with Crippen molar-refractivity contribution in [1.82, 2.24) is 4.90 Å². The molecule has 1 amide bonds. The minimum atomic E-state index is -1.17. The second-order valence-corrected chi connectivity index (χ2v) is 4.06. The number of rotatable bonds is 5. The average Bonchev–Trinajstić information content (AvgIpc) is 2.73. The first-order valence-electron chi connectivity index (χ1n) is 5.61. The molecular formula is C12H17NO4. The Morgan fingerprint density at radius 2 is 1.94 bits per heavy atom. The fourth-order valence-electron chi connectivity index (χ4n) is 1.54. The van der Waals surface area contributed by atoms with Crippen LogP contribution in [0.3, 0.4) is 0 Å². The third kappa shape index (κ3) is 3.09. The molecule has 0 atom stereocenters. The number of carboxylic acid groups (broad SMARTS) is 1. The van der Waals surface area contributed by atoms with E-state index in [4.69, 9.17) is 9.52 Å². The summed E-state index contributed by atoms with van der Waals surface area (Å²) in [4.78, 5) is 24.4. The quantitative estimate of drug-likeness (QED) is 0.855. The van der Waals surface area contributed by atoms with E-state index in [-0.39, 0.29) is 23.5 Å². The fraction of sp³-hybridized carbons (Fsp3) is 0.500. The number of aromatic carboxylic acids is 1. The molecule has 1 N–H and O–H groups in total. The Morgan fingerprint density at radius 3 is 2.35 bits per heavy atom. The van der Waals surface area contributed by atoms with Crippen molar-refractivity contribution in [2.24, 2.45) is 0 Å². The molecule has 0 aliphatic heterocycles. The van der Waals surface area contributed by atoms with E-state index >= 15 is 0 Å². The molecule has 0 aliphatic carbocycles. The molecule has 1 aromatic heterocycles. The number of carbonyl (C=O) groups is 2. The third-order valence-corrected chi connectivity index (χ3v) is 2.38. The lowest BCUT2D eigenvalue weighted by atomic mass is 10.2. The molecule has 17 heavy (non-hydrogen) atoms. The SMILES string of the molecule is CCCN(C(=O)c1ccc(C(=O)O)o1)C(C)C. The maximum Gasteiger partial charge on any atom is 0.371 e. The molecule has 0 aliphatic rings. The van der Waals surface area contributed by atoms with E-state index < -0.39 is 5.97 Å². The zero-order valence-corrected chi connectivity index (χ0v) is 10.3. The van der Waals surface area contributed by atoms with E-state index in [0.29, 0.717) is 6.54 Å². The molecule has 0 saturated carbocycles. The largest absolute Gasteiger partial charge is 0.475 e. The van der Waals surface area contributed by atoms with Crippen molar-refractivity contribution in [3.05, 3.63) is 23.7 Å². The normalized spacial score (nSPS) is 10.6. The van der Waals surface area contributed by atoms with E-state index in [1.54, 1.807) is 4.90 Å². The Morgan fingerprint density at radius 1 is 1.35 bits per heavy atom. The van der Waals surface area contributed by atoms with Gasteiger partial charge in [0.25, 0.3) is 5.91 Å². The zero-order valence-electron chi connectivity index (χ0n) is 10.3. The molecule has 1 heterocycles. The van der Waals surface area contributed by atoms with Gasteiger partial charge < -0.3 is 14.4 Å². The molecule has 1 aromatic rings. The summed E-state index contributed by atoms with van der Waals surface area (Å²) in [6, 6.07) is 2.75. The predicted octanol–water partition coefficient (Wildman–Crippen LogP) is 2.24. The van der Waals surface area contributed by atoms with Crippen molar-refractivity contribution in [1.29, 1.82) is 0 Å². The Kier molecular flexibility index (Phi) is 4.31. The van der Waals surface area contributed by atoms with Crippen molar-refractivity contribution < 1.29 is 19.1 Å². The first-order valence-corrected chi connectivity index (χ1v) is 5.61. The van der Waals surface area contributed by atoms with Crippen LogP contribution in [0.4, 0.5) is 0 Å². The predicted molar refractivity (Wildman–Crippen MR) is 62.1 cm³/mol. The van der Waals surface area contributed by atoms with Crippen molar-refractivity contribution in [2.75, 3.05) is 6.54 Å². The first-order chi connectivity index (χ1) is 7.97. The lowest BCUT2D eigenvalue weighted by Gasteiger charge is -2.25. The summed E-state index contributed by atoms with van der Waals surface area (Å²) >= 11 is 0. The van der Waals surface area contributed by atoms with Gasteiger partial charge in [0.05, 0.1) is 0 Å². The van der Waals surface area contributed by atoms with Gasteiger partial charge in [-0.1, -0.05) is 6.92 Å². The number of hydrogen-bond donors (Lipinski definition) is 1. The van der Waals surface area contributed by atoms with Crippen LogP contribution in [0.15, 0.2) is 16.5 Å². The van der Waals surface area contributed by atoms with Gasteiger partial charge in [-0.15, -0.1) is 0 Å². The molecule has 0 bridgehead atoms. The van der Waals surface area contributed by atoms with Crippen molar-refractivity contribution >= 4 is 11.9 Å². The molecule has 94 valence electrons. The molecule has 0 spiro atoms. The van der Waals surface area contributed by atoms with E-state index in [1.165, 1.54) is 12.1 Å². The van der Waals surface area contributed by atoms with Gasteiger partial charge in [-0.3, -0.25) is 4.79 Å². The van der Waals surface area contributed by atoms with Crippen LogP contribution >= 0.6 is 0 Å². The fourth-order valence-corrected chi connectivity index (χ4v) is 1.54. The highest BCUT2D eigenvalue weighted by Gasteiger charge is 2.22. The number of hydrogen-bond acceptors (Lipinski definition) is 3. The van der Waals surface area contributed by atoms with E-state index in [1.807, 2.05) is 20.8 Å². The Bertz CT molecular complexity index is 408. The van der Waals surface area contributed by atoms with Gasteiger partial charge in [-0.25, -0.2) is 4.79 Å². The van der Waals surface area contributed by atoms with Crippen molar-refractivity contribution in [3.63, 3.8) is 0 Å². The zero-order chi connectivity index (χ0) is 13.0. The van der Waals surface area contributed by atoms with Crippen LogP contribution in [0, 0.1) is 0 Å². The molecule has 0 radical (unpaired) electrons. The molecular weight excluding hydrogens is 222 g/mol. The molecule has 0 saturated heterocycles. The molecule has 0 unspecified atom stereocenters. The maximum absolute atomic E-state index is 12.1. The summed E-state index contributed by atoms with van der Waals surface area (Å²) in [5.41, 5.74) is 0. The van der Waals surface area contributed by atoms with E-state index in [9.17, 15) is 9.59 Å². The molecule has 0 fully saturated rings. The van der Waals surface area contributed by atoms with Crippen LogP contribution in [0.5, 0.6) is 0 Å². The number of nitrogens with zero attached hydrogens (tertiary/aromatic N) is 1. The highest BCUT2D eigenvalue weighted by molar-refractivity contribution is 5.93. The van der Waals surface area contributed by atoms with Gasteiger partial charge in [-0.05, 0) is 32.4 Å². The topological polar surface area (TPSA) is 70.8 Å². The van der Waals surface area contributed by atoms with Gasteiger partial charge in [0.15, 0.2) is 5.76 Å². The highest BCUT2D eigenvalue weighted by atomic mass is 16.4. The van der Waals surface area contributed by atoms with Crippen LogP contribution in [-0.2, 0) is 0 Å². The number of carboxylic acids is 1. The molecule has 5 nitrogen and oxygen atoms in total. The van der Waals surface area contributed by atoms with Crippen LogP contribution in [0.2, 0.25) is 0 Å². The molecule has 1 rings (SSSR count). The monoisotopic (exact) mass is 239 g/mol. The van der Waals surface area contributed by atoms with Gasteiger partial charge in [0, 0.05) is 12.6 Å². The first kappa shape index (κ1) is 13.3. The lowest BCUT2D eigenvalue weighted by molar-refractivity contribution is 0.0636. The summed E-state index contributed by atoms with van der Waals surface area (Å²) in [6.45, 7) is 6.43. The Labute approximate surface area is 100 Å². The standard InChI is InChI=1S/C12H17NO4/c1-4-7-13(8(2)3)11(14)9-5-6-10(17-9)12(15)16/h5-6,8H,4,7H2,1-3H3,(H,15,16). The van der Waals surface area contributed by atoms with Gasteiger partial charge in [-0.2, -0.15) is 0 Å². The number of furan rings is 1.